The second kappa shape index (κ2) is 8.50. The number of benzene rings is 1. The fourth-order valence-corrected chi connectivity index (χ4v) is 2.61. The number of nitrogen functional groups attached to an aromatic ring is 1. The van der Waals surface area contributed by atoms with Gasteiger partial charge in [-0.05, 0) is 12.1 Å². The third-order valence-corrected chi connectivity index (χ3v) is 4.22. The highest BCUT2D eigenvalue weighted by atomic mass is 16.5. The molecule has 0 aliphatic heterocycles. The van der Waals surface area contributed by atoms with Gasteiger partial charge in [0.1, 0.15) is 11.4 Å². The summed E-state index contributed by atoms with van der Waals surface area (Å²) in [5, 5.41) is 0. The Morgan fingerprint density at radius 2 is 1.52 bits per heavy atom. The lowest BCUT2D eigenvalue weighted by molar-refractivity contribution is 0.0473. The number of Topliss-reactive ketones (excluding diaryl/α,β-unsaturated/α-hetero) is 1. The van der Waals surface area contributed by atoms with Crippen LogP contribution in [-0.2, 0) is 18.8 Å². The summed E-state index contributed by atoms with van der Waals surface area (Å²) in [6.07, 6.45) is 0. The van der Waals surface area contributed by atoms with Gasteiger partial charge in [0.25, 0.3) is 5.56 Å². The lowest BCUT2D eigenvalue weighted by Crippen LogP contribution is -2.42. The maximum Gasteiger partial charge on any atom is 0.338 e. The van der Waals surface area contributed by atoms with Crippen LogP contribution >= 0.6 is 0 Å². The van der Waals surface area contributed by atoms with Crippen LogP contribution < -0.4 is 31.2 Å². The Morgan fingerprint density at radius 1 is 0.966 bits per heavy atom. The number of rotatable bonds is 7. The zero-order valence-electron chi connectivity index (χ0n) is 16.6. The standard InChI is InChI=1S/C18H21N3O8/c1-20-15(19)13(16(23)21(2)18(20)25)10(22)8-29-17(24)9-6-11(26-3)14(28-5)12(7-9)27-4/h6-7H,8,19H2,1-5H3. The van der Waals surface area contributed by atoms with Gasteiger partial charge in [-0.25, -0.2) is 9.59 Å². The van der Waals surface area contributed by atoms with Crippen LogP contribution in [0.4, 0.5) is 5.82 Å². The second-order valence-electron chi connectivity index (χ2n) is 5.88. The van der Waals surface area contributed by atoms with E-state index in [2.05, 4.69) is 0 Å². The van der Waals surface area contributed by atoms with Gasteiger partial charge in [0.2, 0.25) is 11.5 Å². The Balaban J connectivity index is 2.30. The number of esters is 1. The second-order valence-corrected chi connectivity index (χ2v) is 5.88. The minimum Gasteiger partial charge on any atom is -0.493 e. The molecule has 1 aromatic heterocycles. The van der Waals surface area contributed by atoms with Crippen molar-refractivity contribution in [2.45, 2.75) is 0 Å². The summed E-state index contributed by atoms with van der Waals surface area (Å²) >= 11 is 0. The van der Waals surface area contributed by atoms with Crippen molar-refractivity contribution in [2.75, 3.05) is 33.7 Å². The minimum absolute atomic E-state index is 0.0358. The first-order valence-corrected chi connectivity index (χ1v) is 8.23. The molecule has 0 aliphatic carbocycles. The average molecular weight is 407 g/mol. The van der Waals surface area contributed by atoms with Gasteiger partial charge < -0.3 is 24.7 Å². The summed E-state index contributed by atoms with van der Waals surface area (Å²) in [6, 6.07) is 2.71. The van der Waals surface area contributed by atoms with Crippen LogP contribution in [0, 0.1) is 0 Å². The summed E-state index contributed by atoms with van der Waals surface area (Å²) in [7, 11) is 6.70. The van der Waals surface area contributed by atoms with Crippen LogP contribution in [0.15, 0.2) is 21.7 Å². The van der Waals surface area contributed by atoms with Crippen molar-refractivity contribution in [3.63, 3.8) is 0 Å². The van der Waals surface area contributed by atoms with Crippen LogP contribution in [0.25, 0.3) is 0 Å². The number of nitrogens with zero attached hydrogens (tertiary/aromatic N) is 2. The number of hydrogen-bond donors (Lipinski definition) is 1. The van der Waals surface area contributed by atoms with Crippen LogP contribution in [0.3, 0.4) is 0 Å². The molecule has 0 fully saturated rings. The first kappa shape index (κ1) is 21.5. The fourth-order valence-electron chi connectivity index (χ4n) is 2.61. The Hall–Kier alpha value is -3.76. The zero-order chi connectivity index (χ0) is 21.9. The molecule has 0 saturated carbocycles. The summed E-state index contributed by atoms with van der Waals surface area (Å²) < 4.78 is 22.2. The molecular formula is C18H21N3O8. The molecule has 0 amide bonds. The van der Waals surface area contributed by atoms with Crippen LogP contribution in [0.5, 0.6) is 17.2 Å². The average Bonchev–Trinajstić information content (AvgIpc) is 2.73. The number of ether oxygens (including phenoxy) is 4. The molecule has 1 aromatic carbocycles. The summed E-state index contributed by atoms with van der Waals surface area (Å²) in [6.45, 7) is -0.757. The van der Waals surface area contributed by atoms with Crippen LogP contribution in [0.2, 0.25) is 0 Å². The van der Waals surface area contributed by atoms with Gasteiger partial charge in [-0.2, -0.15) is 0 Å². The number of aromatic nitrogens is 2. The third kappa shape index (κ3) is 3.93. The number of carbonyl (C=O) groups is 2. The molecule has 156 valence electrons. The molecule has 0 saturated heterocycles. The number of hydrogen-bond acceptors (Lipinski definition) is 9. The lowest BCUT2D eigenvalue weighted by Gasteiger charge is -2.14. The van der Waals surface area contributed by atoms with E-state index in [4.69, 9.17) is 24.7 Å². The van der Waals surface area contributed by atoms with E-state index in [0.717, 1.165) is 9.13 Å². The first-order chi connectivity index (χ1) is 13.7. The Kier molecular flexibility index (Phi) is 6.32. The normalized spacial score (nSPS) is 10.4. The molecule has 11 nitrogen and oxygen atoms in total. The summed E-state index contributed by atoms with van der Waals surface area (Å²) in [5.74, 6) is -1.30. The molecule has 0 radical (unpaired) electrons. The molecule has 1 heterocycles. The van der Waals surface area contributed by atoms with Crippen LogP contribution in [-0.4, -0.2) is 48.8 Å². The maximum absolute atomic E-state index is 12.4. The van der Waals surface area contributed by atoms with E-state index in [0.29, 0.717) is 0 Å². The molecule has 29 heavy (non-hydrogen) atoms. The highest BCUT2D eigenvalue weighted by Gasteiger charge is 2.23. The smallest absolute Gasteiger partial charge is 0.338 e. The lowest BCUT2D eigenvalue weighted by atomic mass is 10.1. The summed E-state index contributed by atoms with van der Waals surface area (Å²) in [5.41, 5.74) is 3.76. The van der Waals surface area contributed by atoms with Crippen molar-refractivity contribution in [3.05, 3.63) is 44.1 Å². The van der Waals surface area contributed by atoms with E-state index in [1.54, 1.807) is 0 Å². The van der Waals surface area contributed by atoms with Gasteiger partial charge in [-0.1, -0.05) is 0 Å². The Labute approximate surface area is 165 Å². The summed E-state index contributed by atoms with van der Waals surface area (Å²) in [4.78, 5) is 48.8. The largest absolute Gasteiger partial charge is 0.493 e. The van der Waals surface area contributed by atoms with E-state index in [-0.39, 0.29) is 28.6 Å². The van der Waals surface area contributed by atoms with Gasteiger partial charge >= 0.3 is 11.7 Å². The Morgan fingerprint density at radius 3 is 2.00 bits per heavy atom. The van der Waals surface area contributed by atoms with E-state index in [1.807, 2.05) is 0 Å². The van der Waals surface area contributed by atoms with Crippen molar-refractivity contribution in [1.29, 1.82) is 0 Å². The maximum atomic E-state index is 12.4. The number of anilines is 1. The predicted molar refractivity (Wildman–Crippen MR) is 102 cm³/mol. The van der Waals surface area contributed by atoms with Gasteiger partial charge in [0.05, 0.1) is 26.9 Å². The predicted octanol–water partition coefficient (Wildman–Crippen LogP) is -0.268. The fraction of sp³-hybridized carbons (Fsp3) is 0.333. The van der Waals surface area contributed by atoms with E-state index in [1.165, 1.54) is 47.6 Å². The number of nitrogens with two attached hydrogens (primary N) is 1. The Bertz CT molecular complexity index is 1060. The zero-order valence-corrected chi connectivity index (χ0v) is 16.6. The van der Waals surface area contributed by atoms with Gasteiger partial charge in [0, 0.05) is 14.1 Å². The van der Waals surface area contributed by atoms with Crippen molar-refractivity contribution < 1.29 is 28.5 Å². The van der Waals surface area contributed by atoms with Gasteiger partial charge in [0.15, 0.2) is 18.1 Å². The van der Waals surface area contributed by atoms with Gasteiger partial charge in [-0.3, -0.25) is 18.7 Å². The number of carbonyl (C=O) groups excluding carboxylic acids is 2. The quantitative estimate of drug-likeness (QED) is 0.485. The monoisotopic (exact) mass is 407 g/mol. The first-order valence-electron chi connectivity index (χ1n) is 8.23. The molecule has 2 aromatic rings. The third-order valence-electron chi connectivity index (χ3n) is 4.22. The minimum atomic E-state index is -0.876. The molecule has 0 unspecified atom stereocenters. The van der Waals surface area contributed by atoms with Crippen molar-refractivity contribution in [1.82, 2.24) is 9.13 Å². The molecule has 0 atom stereocenters. The highest BCUT2D eigenvalue weighted by molar-refractivity contribution is 6.02. The molecule has 0 aliphatic rings. The van der Waals surface area contributed by atoms with Crippen LogP contribution in [0.1, 0.15) is 20.7 Å². The van der Waals surface area contributed by atoms with E-state index >= 15 is 0 Å². The molecule has 2 rings (SSSR count). The van der Waals surface area contributed by atoms with Crippen molar-refractivity contribution in [2.24, 2.45) is 14.1 Å². The van der Waals surface area contributed by atoms with Crippen molar-refractivity contribution in [3.8, 4) is 17.2 Å². The van der Waals surface area contributed by atoms with Gasteiger partial charge in [-0.15, -0.1) is 0 Å². The SMILES string of the molecule is COc1cc(C(=O)OCC(=O)c2c(N)n(C)c(=O)n(C)c2=O)cc(OC)c1OC. The van der Waals surface area contributed by atoms with E-state index < -0.39 is 35.2 Å². The molecule has 2 N–H and O–H groups in total. The molecular weight excluding hydrogens is 386 g/mol. The topological polar surface area (TPSA) is 141 Å². The highest BCUT2D eigenvalue weighted by Crippen LogP contribution is 2.38. The number of ketones is 1. The number of methoxy groups -OCH3 is 3. The molecule has 0 spiro atoms. The van der Waals surface area contributed by atoms with E-state index in [9.17, 15) is 19.2 Å². The molecule has 11 heteroatoms. The molecule has 0 bridgehead atoms. The van der Waals surface area contributed by atoms with Crippen molar-refractivity contribution >= 4 is 17.6 Å².